The van der Waals surface area contributed by atoms with Crippen LogP contribution in [0.15, 0.2) is 60.7 Å². The van der Waals surface area contributed by atoms with Crippen molar-refractivity contribution in [2.75, 3.05) is 7.11 Å². The van der Waals surface area contributed by atoms with E-state index in [0.717, 1.165) is 6.42 Å². The Balaban J connectivity index is 1.63. The molecule has 3 atom stereocenters. The van der Waals surface area contributed by atoms with Crippen LogP contribution in [0.5, 0.6) is 0 Å². The minimum atomic E-state index is 0.111. The van der Waals surface area contributed by atoms with Gasteiger partial charge in [0.25, 0.3) is 0 Å². The molecule has 0 aromatic heterocycles. The van der Waals surface area contributed by atoms with E-state index in [2.05, 4.69) is 36.4 Å². The van der Waals surface area contributed by atoms with Gasteiger partial charge in [0.15, 0.2) is 0 Å². The second kappa shape index (κ2) is 5.55. The lowest BCUT2D eigenvalue weighted by atomic mass is 10.0. The molecule has 98 valence electrons. The molecule has 19 heavy (non-hydrogen) atoms. The minimum absolute atomic E-state index is 0.111. The van der Waals surface area contributed by atoms with Gasteiger partial charge in [-0.25, -0.2) is 0 Å². The molecule has 1 aliphatic rings. The Hall–Kier alpha value is -1.64. The number of rotatable bonds is 5. The van der Waals surface area contributed by atoms with E-state index in [9.17, 15) is 0 Å². The van der Waals surface area contributed by atoms with Gasteiger partial charge in [0.2, 0.25) is 0 Å². The minimum Gasteiger partial charge on any atom is -0.377 e. The standard InChI is InChI=1S/C17H18O2/c1-18-15(13-8-4-2-5-9-13)12-16-17(19-16)14-10-6-3-7-11-14/h2-11,15-17H,12H2,1H3. The van der Waals surface area contributed by atoms with Crippen molar-refractivity contribution >= 4 is 0 Å². The lowest BCUT2D eigenvalue weighted by molar-refractivity contribution is 0.0880. The summed E-state index contributed by atoms with van der Waals surface area (Å²) in [4.78, 5) is 0. The molecule has 1 heterocycles. The van der Waals surface area contributed by atoms with Crippen LogP contribution in [0, 0.1) is 0 Å². The van der Waals surface area contributed by atoms with Crippen LogP contribution in [0.2, 0.25) is 0 Å². The Morgan fingerprint density at radius 3 is 2.26 bits per heavy atom. The molecular formula is C17H18O2. The van der Waals surface area contributed by atoms with E-state index in [1.165, 1.54) is 11.1 Å². The van der Waals surface area contributed by atoms with Crippen LogP contribution in [-0.4, -0.2) is 13.2 Å². The third-order valence-electron chi connectivity index (χ3n) is 3.61. The summed E-state index contributed by atoms with van der Waals surface area (Å²) in [6.07, 6.45) is 1.52. The maximum atomic E-state index is 5.78. The maximum absolute atomic E-state index is 5.78. The fraction of sp³-hybridized carbons (Fsp3) is 0.294. The van der Waals surface area contributed by atoms with E-state index < -0.39 is 0 Å². The quantitative estimate of drug-likeness (QED) is 0.755. The molecule has 2 nitrogen and oxygen atoms in total. The zero-order valence-corrected chi connectivity index (χ0v) is 11.0. The predicted molar refractivity (Wildman–Crippen MR) is 74.9 cm³/mol. The van der Waals surface area contributed by atoms with Gasteiger partial charge in [0.05, 0.1) is 12.2 Å². The van der Waals surface area contributed by atoms with Crippen molar-refractivity contribution in [2.45, 2.75) is 24.7 Å². The number of hydrogen-bond donors (Lipinski definition) is 0. The summed E-state index contributed by atoms with van der Waals surface area (Å²) in [6.45, 7) is 0. The van der Waals surface area contributed by atoms with Crippen LogP contribution >= 0.6 is 0 Å². The van der Waals surface area contributed by atoms with E-state index in [4.69, 9.17) is 9.47 Å². The molecule has 0 saturated carbocycles. The maximum Gasteiger partial charge on any atom is 0.109 e. The van der Waals surface area contributed by atoms with Crippen molar-refractivity contribution in [3.8, 4) is 0 Å². The first-order valence-electron chi connectivity index (χ1n) is 6.66. The van der Waals surface area contributed by atoms with E-state index >= 15 is 0 Å². The molecule has 1 aliphatic heterocycles. The summed E-state index contributed by atoms with van der Waals surface area (Å²) >= 11 is 0. The Morgan fingerprint density at radius 1 is 1.00 bits per heavy atom. The van der Waals surface area contributed by atoms with Gasteiger partial charge in [0.1, 0.15) is 6.10 Å². The van der Waals surface area contributed by atoms with Crippen LogP contribution in [0.1, 0.15) is 29.8 Å². The highest BCUT2D eigenvalue weighted by Crippen LogP contribution is 2.43. The molecule has 3 rings (SSSR count). The summed E-state index contributed by atoms with van der Waals surface area (Å²) in [6, 6.07) is 20.7. The van der Waals surface area contributed by atoms with Gasteiger partial charge in [-0.05, 0) is 11.1 Å². The fourth-order valence-electron chi connectivity index (χ4n) is 2.51. The summed E-state index contributed by atoms with van der Waals surface area (Å²) < 4.78 is 11.4. The van der Waals surface area contributed by atoms with Crippen molar-refractivity contribution in [1.82, 2.24) is 0 Å². The zero-order chi connectivity index (χ0) is 13.1. The SMILES string of the molecule is COC(CC1OC1c1ccccc1)c1ccccc1. The van der Waals surface area contributed by atoms with Crippen LogP contribution < -0.4 is 0 Å². The number of hydrogen-bond acceptors (Lipinski definition) is 2. The monoisotopic (exact) mass is 254 g/mol. The third kappa shape index (κ3) is 2.86. The summed E-state index contributed by atoms with van der Waals surface area (Å²) in [5.41, 5.74) is 2.47. The van der Waals surface area contributed by atoms with Gasteiger partial charge in [0, 0.05) is 13.5 Å². The van der Waals surface area contributed by atoms with Crippen LogP contribution in [0.3, 0.4) is 0 Å². The molecule has 3 unspecified atom stereocenters. The van der Waals surface area contributed by atoms with Crippen LogP contribution in [0.25, 0.3) is 0 Å². The largest absolute Gasteiger partial charge is 0.377 e. The van der Waals surface area contributed by atoms with E-state index in [0.29, 0.717) is 0 Å². The van der Waals surface area contributed by atoms with Gasteiger partial charge in [-0.1, -0.05) is 60.7 Å². The van der Waals surface area contributed by atoms with Crippen molar-refractivity contribution in [3.05, 3.63) is 71.8 Å². The average molecular weight is 254 g/mol. The third-order valence-corrected chi connectivity index (χ3v) is 3.61. The molecule has 2 aromatic rings. The summed E-state index contributed by atoms with van der Waals surface area (Å²) in [5.74, 6) is 0. The van der Waals surface area contributed by atoms with Gasteiger partial charge in [-0.2, -0.15) is 0 Å². The molecule has 0 bridgehead atoms. The van der Waals surface area contributed by atoms with Crippen molar-refractivity contribution < 1.29 is 9.47 Å². The Morgan fingerprint density at radius 2 is 1.63 bits per heavy atom. The van der Waals surface area contributed by atoms with E-state index in [1.807, 2.05) is 24.3 Å². The molecule has 0 aliphatic carbocycles. The summed E-state index contributed by atoms with van der Waals surface area (Å²) in [7, 11) is 1.76. The van der Waals surface area contributed by atoms with Crippen molar-refractivity contribution in [3.63, 3.8) is 0 Å². The first kappa shape index (κ1) is 12.4. The van der Waals surface area contributed by atoms with Crippen molar-refractivity contribution in [2.24, 2.45) is 0 Å². The molecule has 0 spiro atoms. The van der Waals surface area contributed by atoms with Gasteiger partial charge in [-0.3, -0.25) is 0 Å². The fourth-order valence-corrected chi connectivity index (χ4v) is 2.51. The number of ether oxygens (including phenoxy) is 2. The molecular weight excluding hydrogens is 236 g/mol. The lowest BCUT2D eigenvalue weighted by Crippen LogP contribution is -2.05. The Labute approximate surface area is 114 Å². The number of methoxy groups -OCH3 is 1. The van der Waals surface area contributed by atoms with E-state index in [-0.39, 0.29) is 18.3 Å². The summed E-state index contributed by atoms with van der Waals surface area (Å²) in [5, 5.41) is 0. The first-order valence-corrected chi connectivity index (χ1v) is 6.66. The van der Waals surface area contributed by atoms with Gasteiger partial charge in [-0.15, -0.1) is 0 Å². The molecule has 0 amide bonds. The lowest BCUT2D eigenvalue weighted by Gasteiger charge is -2.14. The second-order valence-corrected chi connectivity index (χ2v) is 4.88. The van der Waals surface area contributed by atoms with Crippen molar-refractivity contribution in [1.29, 1.82) is 0 Å². The second-order valence-electron chi connectivity index (χ2n) is 4.88. The topological polar surface area (TPSA) is 21.8 Å². The molecule has 0 radical (unpaired) electrons. The van der Waals surface area contributed by atoms with E-state index in [1.54, 1.807) is 7.11 Å². The number of epoxide rings is 1. The number of benzene rings is 2. The molecule has 1 fully saturated rings. The van der Waals surface area contributed by atoms with Gasteiger partial charge >= 0.3 is 0 Å². The van der Waals surface area contributed by atoms with Gasteiger partial charge < -0.3 is 9.47 Å². The predicted octanol–water partition coefficient (Wildman–Crippen LogP) is 3.90. The highest BCUT2D eigenvalue weighted by molar-refractivity contribution is 5.23. The molecule has 2 aromatic carbocycles. The average Bonchev–Trinajstić information content (AvgIpc) is 3.26. The highest BCUT2D eigenvalue weighted by atomic mass is 16.6. The first-order chi connectivity index (χ1) is 9.38. The Kier molecular flexibility index (Phi) is 3.62. The molecule has 0 N–H and O–H groups in total. The normalized spacial score (nSPS) is 23.0. The smallest absolute Gasteiger partial charge is 0.109 e. The zero-order valence-electron chi connectivity index (χ0n) is 11.0. The van der Waals surface area contributed by atoms with Crippen LogP contribution in [0.4, 0.5) is 0 Å². The highest BCUT2D eigenvalue weighted by Gasteiger charge is 2.41. The Bertz CT molecular complexity index is 509. The molecule has 1 saturated heterocycles. The molecule has 2 heteroatoms. The van der Waals surface area contributed by atoms with Crippen LogP contribution in [-0.2, 0) is 9.47 Å².